The molecule has 0 aromatic heterocycles. The summed E-state index contributed by atoms with van der Waals surface area (Å²) in [6, 6.07) is 4.89. The lowest BCUT2D eigenvalue weighted by atomic mass is 10.1. The van der Waals surface area contributed by atoms with E-state index in [1.165, 1.54) is 7.11 Å². The molecule has 22 heavy (non-hydrogen) atoms. The van der Waals surface area contributed by atoms with Crippen molar-refractivity contribution in [2.45, 2.75) is 31.5 Å². The van der Waals surface area contributed by atoms with Gasteiger partial charge in [-0.25, -0.2) is 4.79 Å². The fourth-order valence-corrected chi connectivity index (χ4v) is 1.78. The lowest BCUT2D eigenvalue weighted by Gasteiger charge is -2.16. The van der Waals surface area contributed by atoms with Crippen LogP contribution in [0.25, 0.3) is 0 Å². The Kier molecular flexibility index (Phi) is 6.21. The highest BCUT2D eigenvalue weighted by molar-refractivity contribution is 5.83. The highest BCUT2D eigenvalue weighted by Gasteiger charge is 2.36. The van der Waals surface area contributed by atoms with E-state index in [0.717, 1.165) is 5.56 Å². The summed E-state index contributed by atoms with van der Waals surface area (Å²) in [7, 11) is 1.49. The average molecular weight is 319 g/mol. The third-order valence-electron chi connectivity index (χ3n) is 2.84. The predicted molar refractivity (Wildman–Crippen MR) is 71.6 cm³/mol. The van der Waals surface area contributed by atoms with E-state index in [-0.39, 0.29) is 12.8 Å². The first-order valence-electron chi connectivity index (χ1n) is 6.43. The largest absolute Gasteiger partial charge is 0.497 e. The molecule has 1 rings (SSSR count). The first-order valence-corrected chi connectivity index (χ1v) is 6.43. The minimum Gasteiger partial charge on any atom is -0.497 e. The van der Waals surface area contributed by atoms with Gasteiger partial charge in [-0.3, -0.25) is 4.79 Å². The van der Waals surface area contributed by atoms with Crippen LogP contribution in [0.4, 0.5) is 13.2 Å². The zero-order valence-corrected chi connectivity index (χ0v) is 11.8. The van der Waals surface area contributed by atoms with Crippen LogP contribution in [0.15, 0.2) is 24.3 Å². The summed E-state index contributed by atoms with van der Waals surface area (Å²) in [6.07, 6.45) is -6.12. The molecule has 1 unspecified atom stereocenters. The normalized spacial score (nSPS) is 12.5. The molecule has 1 atom stereocenters. The van der Waals surface area contributed by atoms with Gasteiger partial charge in [0.2, 0.25) is 5.91 Å². The van der Waals surface area contributed by atoms with E-state index in [2.05, 4.69) is 0 Å². The van der Waals surface area contributed by atoms with E-state index in [0.29, 0.717) is 5.75 Å². The highest BCUT2D eigenvalue weighted by atomic mass is 19.4. The van der Waals surface area contributed by atoms with E-state index in [1.807, 2.05) is 5.32 Å². The maximum absolute atomic E-state index is 12.2. The molecule has 0 saturated carbocycles. The molecule has 0 spiro atoms. The van der Waals surface area contributed by atoms with E-state index in [4.69, 9.17) is 9.84 Å². The summed E-state index contributed by atoms with van der Waals surface area (Å²) < 4.78 is 41.7. The quantitative estimate of drug-likeness (QED) is 0.807. The summed E-state index contributed by atoms with van der Waals surface area (Å²) in [4.78, 5) is 22.3. The van der Waals surface area contributed by atoms with Crippen LogP contribution in [0.5, 0.6) is 5.75 Å². The van der Waals surface area contributed by atoms with Crippen molar-refractivity contribution in [1.82, 2.24) is 5.32 Å². The van der Waals surface area contributed by atoms with Crippen LogP contribution in [0.2, 0.25) is 0 Å². The summed E-state index contributed by atoms with van der Waals surface area (Å²) in [5, 5.41) is 10.6. The number of amides is 1. The Hall–Kier alpha value is -2.25. The summed E-state index contributed by atoms with van der Waals surface area (Å²) in [5.41, 5.74) is 0.761. The van der Waals surface area contributed by atoms with Crippen molar-refractivity contribution >= 4 is 11.9 Å². The number of aliphatic carboxylic acids is 1. The van der Waals surface area contributed by atoms with Crippen molar-refractivity contribution in [2.24, 2.45) is 0 Å². The number of benzene rings is 1. The Labute approximate surface area is 125 Å². The standard InChI is InChI=1S/C14H16F3NO4/c1-22-10-4-2-3-9(7-10)5-6-12(19)18-11(13(20)21)8-14(15,16)17/h2-4,7,11H,5-6,8H2,1H3,(H,18,19)(H,20,21). The Morgan fingerprint density at radius 3 is 2.59 bits per heavy atom. The number of carbonyl (C=O) groups excluding carboxylic acids is 1. The number of carboxylic acids is 1. The topological polar surface area (TPSA) is 75.6 Å². The minimum absolute atomic E-state index is 0.116. The first-order chi connectivity index (χ1) is 10.2. The smallest absolute Gasteiger partial charge is 0.391 e. The van der Waals surface area contributed by atoms with Gasteiger partial charge in [0.25, 0.3) is 0 Å². The number of hydrogen-bond acceptors (Lipinski definition) is 3. The number of alkyl halides is 3. The number of carbonyl (C=O) groups is 2. The predicted octanol–water partition coefficient (Wildman–Crippen LogP) is 2.15. The lowest BCUT2D eigenvalue weighted by molar-refractivity contribution is -0.160. The zero-order chi connectivity index (χ0) is 16.8. The fraction of sp³-hybridized carbons (Fsp3) is 0.429. The van der Waals surface area contributed by atoms with E-state index >= 15 is 0 Å². The number of rotatable bonds is 7. The molecular weight excluding hydrogens is 303 g/mol. The second-order valence-electron chi connectivity index (χ2n) is 4.63. The van der Waals surface area contributed by atoms with Crippen LogP contribution in [0.1, 0.15) is 18.4 Å². The van der Waals surface area contributed by atoms with Crippen molar-refractivity contribution in [3.63, 3.8) is 0 Å². The molecule has 1 amide bonds. The number of hydrogen-bond donors (Lipinski definition) is 2. The number of aryl methyl sites for hydroxylation is 1. The molecule has 0 heterocycles. The molecule has 5 nitrogen and oxygen atoms in total. The van der Waals surface area contributed by atoms with Crippen LogP contribution in [0, 0.1) is 0 Å². The van der Waals surface area contributed by atoms with E-state index < -0.39 is 30.5 Å². The van der Waals surface area contributed by atoms with Crippen LogP contribution < -0.4 is 10.1 Å². The van der Waals surface area contributed by atoms with Crippen molar-refractivity contribution in [1.29, 1.82) is 0 Å². The van der Waals surface area contributed by atoms with Gasteiger partial charge < -0.3 is 15.2 Å². The monoisotopic (exact) mass is 319 g/mol. The van der Waals surface area contributed by atoms with Gasteiger partial charge in [-0.05, 0) is 24.1 Å². The minimum atomic E-state index is -4.66. The van der Waals surface area contributed by atoms with Crippen molar-refractivity contribution in [3.8, 4) is 5.75 Å². The maximum atomic E-state index is 12.2. The Bertz CT molecular complexity index is 531. The molecule has 8 heteroatoms. The molecule has 0 radical (unpaired) electrons. The molecule has 1 aromatic carbocycles. The van der Waals surface area contributed by atoms with Crippen molar-refractivity contribution in [3.05, 3.63) is 29.8 Å². The number of ether oxygens (including phenoxy) is 1. The Morgan fingerprint density at radius 2 is 2.05 bits per heavy atom. The SMILES string of the molecule is COc1cccc(CCC(=O)NC(CC(F)(F)F)C(=O)O)c1. The molecule has 0 aliphatic heterocycles. The number of carboxylic acid groups (broad SMARTS) is 1. The molecule has 0 bridgehead atoms. The molecule has 1 aromatic rings. The molecule has 0 aliphatic rings. The highest BCUT2D eigenvalue weighted by Crippen LogP contribution is 2.21. The summed E-state index contributed by atoms with van der Waals surface area (Å²) in [5.74, 6) is -1.87. The molecular formula is C14H16F3NO4. The van der Waals surface area contributed by atoms with Gasteiger partial charge in [0, 0.05) is 6.42 Å². The second-order valence-corrected chi connectivity index (χ2v) is 4.63. The summed E-state index contributed by atoms with van der Waals surface area (Å²) in [6.45, 7) is 0. The van der Waals surface area contributed by atoms with E-state index in [9.17, 15) is 22.8 Å². The fourth-order valence-electron chi connectivity index (χ4n) is 1.78. The zero-order valence-electron chi connectivity index (χ0n) is 11.8. The maximum Gasteiger partial charge on any atom is 0.391 e. The molecule has 0 fully saturated rings. The van der Waals surface area contributed by atoms with Gasteiger partial charge in [-0.1, -0.05) is 12.1 Å². The lowest BCUT2D eigenvalue weighted by Crippen LogP contribution is -2.43. The second kappa shape index (κ2) is 7.67. The summed E-state index contributed by atoms with van der Waals surface area (Å²) >= 11 is 0. The Balaban J connectivity index is 2.55. The van der Waals surface area contributed by atoms with Gasteiger partial charge in [-0.2, -0.15) is 13.2 Å². The number of halogens is 3. The van der Waals surface area contributed by atoms with Crippen LogP contribution in [-0.2, 0) is 16.0 Å². The molecule has 2 N–H and O–H groups in total. The van der Waals surface area contributed by atoms with Crippen LogP contribution in [-0.4, -0.2) is 36.3 Å². The average Bonchev–Trinajstić information content (AvgIpc) is 2.43. The number of methoxy groups -OCH3 is 1. The van der Waals surface area contributed by atoms with Crippen LogP contribution >= 0.6 is 0 Å². The van der Waals surface area contributed by atoms with Crippen LogP contribution in [0.3, 0.4) is 0 Å². The van der Waals surface area contributed by atoms with Gasteiger partial charge in [0.1, 0.15) is 11.8 Å². The van der Waals surface area contributed by atoms with Crippen molar-refractivity contribution in [2.75, 3.05) is 7.11 Å². The third kappa shape index (κ3) is 6.47. The Morgan fingerprint density at radius 1 is 1.36 bits per heavy atom. The van der Waals surface area contributed by atoms with E-state index in [1.54, 1.807) is 24.3 Å². The van der Waals surface area contributed by atoms with Gasteiger partial charge >= 0.3 is 12.1 Å². The first kappa shape index (κ1) is 17.8. The number of nitrogens with one attached hydrogen (secondary N) is 1. The molecule has 122 valence electrons. The molecule has 0 saturated heterocycles. The molecule has 0 aliphatic carbocycles. The van der Waals surface area contributed by atoms with Gasteiger partial charge in [0.15, 0.2) is 0 Å². The van der Waals surface area contributed by atoms with Gasteiger partial charge in [-0.15, -0.1) is 0 Å². The van der Waals surface area contributed by atoms with Gasteiger partial charge in [0.05, 0.1) is 13.5 Å². The van der Waals surface area contributed by atoms with Crippen molar-refractivity contribution < 1.29 is 32.6 Å². The third-order valence-corrected chi connectivity index (χ3v) is 2.84.